The van der Waals surface area contributed by atoms with Crippen molar-refractivity contribution in [2.75, 3.05) is 6.54 Å². The molecule has 7 heteroatoms. The number of nitrogens with zero attached hydrogens (tertiary/aromatic N) is 1. The number of hydrogen-bond acceptors (Lipinski definition) is 4. The van der Waals surface area contributed by atoms with Crippen molar-refractivity contribution in [1.82, 2.24) is 20.2 Å². The van der Waals surface area contributed by atoms with Crippen molar-refractivity contribution in [2.45, 2.75) is 64.1 Å². The number of sulfonamides is 1. The Balaban J connectivity index is 2.56. The third kappa shape index (κ3) is 5.60. The molecule has 0 aliphatic heterocycles. The zero-order chi connectivity index (χ0) is 15.0. The van der Waals surface area contributed by atoms with E-state index in [0.29, 0.717) is 24.7 Å². The van der Waals surface area contributed by atoms with E-state index in [0.717, 1.165) is 25.7 Å². The maximum atomic E-state index is 12.2. The monoisotopic (exact) mass is 302 g/mol. The number of rotatable bonds is 10. The zero-order valence-corrected chi connectivity index (χ0v) is 13.4. The highest BCUT2D eigenvalue weighted by Crippen LogP contribution is 2.12. The molecule has 0 fully saturated rings. The molecular weight excluding hydrogens is 276 g/mol. The number of hydrogen-bond donors (Lipinski definition) is 3. The predicted octanol–water partition coefficient (Wildman–Crippen LogP) is 1.77. The van der Waals surface area contributed by atoms with E-state index in [1.807, 2.05) is 13.8 Å². The largest absolute Gasteiger partial charge is 0.310 e. The fraction of sp³-hybridized carbons (Fsp3) is 0.769. The lowest BCUT2D eigenvalue weighted by molar-refractivity contribution is 0.560. The van der Waals surface area contributed by atoms with E-state index in [1.54, 1.807) is 6.20 Å². The maximum Gasteiger partial charge on any atom is 0.257 e. The summed E-state index contributed by atoms with van der Waals surface area (Å²) < 4.78 is 27.0. The second kappa shape index (κ2) is 8.39. The Bertz CT molecular complexity index is 482. The standard InChI is InChI=1S/C13H26N4O2S/c1-4-5-6-7-8-16-20(18,19)13-12(10-15-17-13)9-14-11(2)3/h10-11,14,16H,4-9H2,1-3H3,(H,15,17). The third-order valence-corrected chi connectivity index (χ3v) is 4.45. The Hall–Kier alpha value is -0.920. The highest BCUT2D eigenvalue weighted by atomic mass is 32.2. The first-order valence-corrected chi connectivity index (χ1v) is 8.71. The van der Waals surface area contributed by atoms with Gasteiger partial charge in [0.2, 0.25) is 0 Å². The van der Waals surface area contributed by atoms with Gasteiger partial charge < -0.3 is 5.32 Å². The average Bonchev–Trinajstić information content (AvgIpc) is 2.85. The molecule has 0 spiro atoms. The molecule has 0 unspecified atom stereocenters. The van der Waals surface area contributed by atoms with E-state index in [-0.39, 0.29) is 5.03 Å². The minimum Gasteiger partial charge on any atom is -0.310 e. The van der Waals surface area contributed by atoms with E-state index in [1.165, 1.54) is 0 Å². The van der Waals surface area contributed by atoms with Crippen LogP contribution in [0.5, 0.6) is 0 Å². The van der Waals surface area contributed by atoms with Gasteiger partial charge in [-0.05, 0) is 6.42 Å². The van der Waals surface area contributed by atoms with Crippen LogP contribution in [0.15, 0.2) is 11.2 Å². The van der Waals surface area contributed by atoms with Crippen molar-refractivity contribution in [2.24, 2.45) is 0 Å². The van der Waals surface area contributed by atoms with Crippen LogP contribution in [-0.2, 0) is 16.6 Å². The van der Waals surface area contributed by atoms with E-state index in [9.17, 15) is 8.42 Å². The van der Waals surface area contributed by atoms with Crippen LogP contribution in [-0.4, -0.2) is 31.2 Å². The van der Waals surface area contributed by atoms with Gasteiger partial charge in [-0.3, -0.25) is 5.10 Å². The quantitative estimate of drug-likeness (QED) is 0.575. The van der Waals surface area contributed by atoms with Gasteiger partial charge in [0, 0.05) is 24.7 Å². The van der Waals surface area contributed by atoms with E-state index in [2.05, 4.69) is 27.2 Å². The van der Waals surface area contributed by atoms with Gasteiger partial charge in [-0.15, -0.1) is 0 Å². The SMILES string of the molecule is CCCCCCNS(=O)(=O)c1[nH]ncc1CNC(C)C. The Kier molecular flexibility index (Phi) is 7.18. The van der Waals surface area contributed by atoms with Gasteiger partial charge in [0.05, 0.1) is 6.20 Å². The molecule has 0 amide bonds. The molecule has 0 radical (unpaired) electrons. The normalized spacial score (nSPS) is 12.2. The minimum absolute atomic E-state index is 0.168. The fourth-order valence-corrected chi connectivity index (χ4v) is 3.00. The van der Waals surface area contributed by atoms with Crippen molar-refractivity contribution < 1.29 is 8.42 Å². The number of H-pyrrole nitrogens is 1. The highest BCUT2D eigenvalue weighted by Gasteiger charge is 2.20. The van der Waals surface area contributed by atoms with Crippen molar-refractivity contribution in [3.63, 3.8) is 0 Å². The molecule has 116 valence electrons. The van der Waals surface area contributed by atoms with E-state index in [4.69, 9.17) is 0 Å². The molecule has 1 rings (SSSR count). The molecular formula is C13H26N4O2S. The first kappa shape index (κ1) is 17.1. The lowest BCUT2D eigenvalue weighted by Crippen LogP contribution is -2.28. The summed E-state index contributed by atoms with van der Waals surface area (Å²) in [5, 5.41) is 9.78. The fourth-order valence-electron chi connectivity index (χ4n) is 1.80. The summed E-state index contributed by atoms with van der Waals surface area (Å²) in [4.78, 5) is 0. The highest BCUT2D eigenvalue weighted by molar-refractivity contribution is 7.89. The average molecular weight is 302 g/mol. The molecule has 0 saturated heterocycles. The van der Waals surface area contributed by atoms with Crippen LogP contribution < -0.4 is 10.0 Å². The summed E-state index contributed by atoms with van der Waals surface area (Å²) in [6.07, 6.45) is 5.74. The molecule has 1 heterocycles. The molecule has 1 aromatic rings. The summed E-state index contributed by atoms with van der Waals surface area (Å²) in [5.74, 6) is 0. The van der Waals surface area contributed by atoms with Crippen molar-refractivity contribution in [3.05, 3.63) is 11.8 Å². The minimum atomic E-state index is -3.49. The van der Waals surface area contributed by atoms with Gasteiger partial charge in [-0.2, -0.15) is 5.10 Å². The van der Waals surface area contributed by atoms with Crippen molar-refractivity contribution in [1.29, 1.82) is 0 Å². The van der Waals surface area contributed by atoms with Gasteiger partial charge in [0.15, 0.2) is 5.03 Å². The van der Waals surface area contributed by atoms with Crippen LogP contribution in [0.25, 0.3) is 0 Å². The molecule has 0 atom stereocenters. The van der Waals surface area contributed by atoms with Crippen LogP contribution in [0.2, 0.25) is 0 Å². The molecule has 0 bridgehead atoms. The smallest absolute Gasteiger partial charge is 0.257 e. The van der Waals surface area contributed by atoms with Crippen LogP contribution >= 0.6 is 0 Å². The van der Waals surface area contributed by atoms with Gasteiger partial charge in [0.25, 0.3) is 10.0 Å². The molecule has 0 aliphatic carbocycles. The van der Waals surface area contributed by atoms with Crippen molar-refractivity contribution in [3.8, 4) is 0 Å². The van der Waals surface area contributed by atoms with Gasteiger partial charge in [-0.1, -0.05) is 40.0 Å². The van der Waals surface area contributed by atoms with Crippen LogP contribution in [0, 0.1) is 0 Å². The van der Waals surface area contributed by atoms with Gasteiger partial charge in [-0.25, -0.2) is 13.1 Å². The number of aromatic nitrogens is 2. The van der Waals surface area contributed by atoms with Crippen LogP contribution in [0.4, 0.5) is 0 Å². The summed E-state index contributed by atoms with van der Waals surface area (Å²) >= 11 is 0. The Morgan fingerprint density at radius 3 is 2.70 bits per heavy atom. The predicted molar refractivity (Wildman–Crippen MR) is 79.9 cm³/mol. The topological polar surface area (TPSA) is 86.9 Å². The van der Waals surface area contributed by atoms with Crippen molar-refractivity contribution >= 4 is 10.0 Å². The van der Waals surface area contributed by atoms with Gasteiger partial charge in [0.1, 0.15) is 0 Å². The van der Waals surface area contributed by atoms with Crippen LogP contribution in [0.3, 0.4) is 0 Å². The number of aromatic amines is 1. The summed E-state index contributed by atoms with van der Waals surface area (Å²) in [7, 11) is -3.49. The lowest BCUT2D eigenvalue weighted by Gasteiger charge is -2.09. The van der Waals surface area contributed by atoms with E-state index < -0.39 is 10.0 Å². The molecule has 20 heavy (non-hydrogen) atoms. The molecule has 3 N–H and O–H groups in total. The molecule has 0 saturated carbocycles. The third-order valence-electron chi connectivity index (χ3n) is 2.97. The van der Waals surface area contributed by atoms with E-state index >= 15 is 0 Å². The Morgan fingerprint density at radius 2 is 2.05 bits per heavy atom. The first-order valence-electron chi connectivity index (χ1n) is 7.22. The maximum absolute atomic E-state index is 12.2. The molecule has 0 aromatic carbocycles. The summed E-state index contributed by atoms with van der Waals surface area (Å²) in [6, 6.07) is 0.294. The van der Waals surface area contributed by atoms with Crippen LogP contribution in [0.1, 0.15) is 52.0 Å². The number of nitrogens with one attached hydrogen (secondary N) is 3. The molecule has 1 aromatic heterocycles. The number of unbranched alkanes of at least 4 members (excludes halogenated alkanes) is 3. The summed E-state index contributed by atoms with van der Waals surface area (Å²) in [6.45, 7) is 7.11. The Labute approximate surface area is 121 Å². The zero-order valence-electron chi connectivity index (χ0n) is 12.6. The Morgan fingerprint density at radius 1 is 1.30 bits per heavy atom. The molecule has 0 aliphatic rings. The first-order chi connectivity index (χ1) is 9.47. The lowest BCUT2D eigenvalue weighted by atomic mass is 10.2. The molecule has 6 nitrogen and oxygen atoms in total. The summed E-state index contributed by atoms with van der Waals surface area (Å²) in [5.41, 5.74) is 0.666. The second-order valence-electron chi connectivity index (χ2n) is 5.22. The second-order valence-corrected chi connectivity index (χ2v) is 6.92. The van der Waals surface area contributed by atoms with Gasteiger partial charge >= 0.3 is 0 Å².